The van der Waals surface area contributed by atoms with Gasteiger partial charge in [0.05, 0.1) is 17.8 Å². The molecule has 1 atom stereocenters. The Morgan fingerprint density at radius 3 is 2.83 bits per heavy atom. The third kappa shape index (κ3) is 3.35. The van der Waals surface area contributed by atoms with Gasteiger partial charge in [-0.2, -0.15) is 0 Å². The van der Waals surface area contributed by atoms with Crippen LogP contribution in [0.25, 0.3) is 10.9 Å². The number of aryl methyl sites for hydroxylation is 1. The second kappa shape index (κ2) is 6.64. The van der Waals surface area contributed by atoms with E-state index >= 15 is 0 Å². The largest absolute Gasteiger partial charge is 0.375 e. The molecule has 0 radical (unpaired) electrons. The maximum absolute atomic E-state index is 5.34. The van der Waals surface area contributed by atoms with Gasteiger partial charge in [-0.05, 0) is 26.0 Å². The van der Waals surface area contributed by atoms with Gasteiger partial charge in [-0.25, -0.2) is 4.98 Å². The number of thiazole rings is 1. The zero-order chi connectivity index (χ0) is 16.4. The van der Waals surface area contributed by atoms with Gasteiger partial charge in [0.2, 0.25) is 0 Å². The molecule has 0 aliphatic carbocycles. The molecule has 2 heterocycles. The predicted molar refractivity (Wildman–Crippen MR) is 96.1 cm³/mol. The summed E-state index contributed by atoms with van der Waals surface area (Å²) in [6.07, 6.45) is 0.0445. The highest BCUT2D eigenvalue weighted by Crippen LogP contribution is 2.28. The van der Waals surface area contributed by atoms with Crippen LogP contribution < -0.4 is 4.90 Å². The van der Waals surface area contributed by atoms with Crippen LogP contribution in [0.5, 0.6) is 0 Å². The van der Waals surface area contributed by atoms with Crippen LogP contribution in [0.1, 0.15) is 29.4 Å². The molecule has 0 aliphatic heterocycles. The number of ether oxygens (including phenoxy) is 1. The highest BCUT2D eigenvalue weighted by Gasteiger charge is 2.13. The molecular weight excluding hydrogens is 306 g/mol. The fourth-order valence-corrected chi connectivity index (χ4v) is 3.45. The lowest BCUT2D eigenvalue weighted by molar-refractivity contribution is 0.119. The van der Waals surface area contributed by atoms with Gasteiger partial charge in [-0.1, -0.05) is 18.2 Å². The lowest BCUT2D eigenvalue weighted by Gasteiger charge is -2.20. The van der Waals surface area contributed by atoms with Crippen LogP contribution in [0.15, 0.2) is 35.7 Å². The number of benzene rings is 1. The zero-order valence-corrected chi connectivity index (χ0v) is 14.7. The van der Waals surface area contributed by atoms with Crippen molar-refractivity contribution in [3.05, 3.63) is 52.1 Å². The van der Waals surface area contributed by atoms with E-state index in [1.165, 1.54) is 11.1 Å². The summed E-state index contributed by atoms with van der Waals surface area (Å²) in [4.78, 5) is 11.5. The second-order valence-electron chi connectivity index (χ2n) is 5.71. The molecule has 120 valence electrons. The Morgan fingerprint density at radius 1 is 1.26 bits per heavy atom. The molecule has 0 fully saturated rings. The first-order valence-corrected chi connectivity index (χ1v) is 8.51. The Labute approximate surface area is 140 Å². The summed E-state index contributed by atoms with van der Waals surface area (Å²) in [5, 5.41) is 4.30. The van der Waals surface area contributed by atoms with E-state index < -0.39 is 0 Å². The SMILES string of the molecule is COC(C)c1nc(CN(C)c2cc(C)nc3ccccc23)cs1. The minimum Gasteiger partial charge on any atom is -0.375 e. The maximum atomic E-state index is 5.34. The summed E-state index contributed by atoms with van der Waals surface area (Å²) in [6, 6.07) is 10.4. The molecule has 1 aromatic carbocycles. The van der Waals surface area contributed by atoms with Crippen LogP contribution in [-0.2, 0) is 11.3 Å². The van der Waals surface area contributed by atoms with E-state index in [-0.39, 0.29) is 6.10 Å². The number of anilines is 1. The van der Waals surface area contributed by atoms with E-state index in [1.807, 2.05) is 19.9 Å². The van der Waals surface area contributed by atoms with E-state index in [1.54, 1.807) is 18.4 Å². The lowest BCUT2D eigenvalue weighted by atomic mass is 10.1. The van der Waals surface area contributed by atoms with Crippen molar-refractivity contribution in [2.45, 2.75) is 26.5 Å². The van der Waals surface area contributed by atoms with Crippen molar-refractivity contribution in [3.63, 3.8) is 0 Å². The average molecular weight is 327 g/mol. The molecule has 0 N–H and O–H groups in total. The molecule has 2 aromatic heterocycles. The quantitative estimate of drug-likeness (QED) is 0.698. The van der Waals surface area contributed by atoms with E-state index in [4.69, 9.17) is 4.74 Å². The standard InChI is InChI=1S/C18H21N3OS/c1-12-9-17(15-7-5-6-8-16(15)19-12)21(3)10-14-11-23-18(20-14)13(2)22-4/h5-9,11,13H,10H2,1-4H3. The third-order valence-corrected chi connectivity index (χ3v) is 4.96. The van der Waals surface area contributed by atoms with E-state index in [0.717, 1.165) is 28.5 Å². The molecular formula is C18H21N3OS. The van der Waals surface area contributed by atoms with Crippen molar-refractivity contribution in [3.8, 4) is 0 Å². The molecule has 23 heavy (non-hydrogen) atoms. The van der Waals surface area contributed by atoms with Crippen LogP contribution in [-0.4, -0.2) is 24.1 Å². The third-order valence-electron chi connectivity index (χ3n) is 3.90. The first-order valence-electron chi connectivity index (χ1n) is 7.63. The Hall–Kier alpha value is -1.98. The molecule has 3 aromatic rings. The van der Waals surface area contributed by atoms with E-state index in [9.17, 15) is 0 Å². The highest BCUT2D eigenvalue weighted by molar-refractivity contribution is 7.09. The van der Waals surface area contributed by atoms with Gasteiger partial charge in [0.1, 0.15) is 11.1 Å². The van der Waals surface area contributed by atoms with Crippen LogP contribution in [0.3, 0.4) is 0 Å². The smallest absolute Gasteiger partial charge is 0.122 e. The molecule has 0 amide bonds. The highest BCUT2D eigenvalue weighted by atomic mass is 32.1. The van der Waals surface area contributed by atoms with Gasteiger partial charge in [0, 0.05) is 36.3 Å². The first-order chi connectivity index (χ1) is 11.1. The van der Waals surface area contributed by atoms with Crippen molar-refractivity contribution in [1.82, 2.24) is 9.97 Å². The molecule has 0 spiro atoms. The molecule has 0 bridgehead atoms. The number of para-hydroxylation sites is 1. The second-order valence-corrected chi connectivity index (χ2v) is 6.60. The molecule has 0 saturated heterocycles. The van der Waals surface area contributed by atoms with Crippen molar-refractivity contribution < 1.29 is 4.74 Å². The van der Waals surface area contributed by atoms with Crippen molar-refractivity contribution in [1.29, 1.82) is 0 Å². The Kier molecular flexibility index (Phi) is 4.59. The Bertz CT molecular complexity index is 815. The minimum absolute atomic E-state index is 0.0445. The number of hydrogen-bond acceptors (Lipinski definition) is 5. The summed E-state index contributed by atoms with van der Waals surface area (Å²) in [7, 11) is 3.81. The van der Waals surface area contributed by atoms with Crippen LogP contribution in [0.4, 0.5) is 5.69 Å². The lowest BCUT2D eigenvalue weighted by Crippen LogP contribution is -2.17. The summed E-state index contributed by atoms with van der Waals surface area (Å²) >= 11 is 1.65. The number of fused-ring (bicyclic) bond motifs is 1. The van der Waals surface area contributed by atoms with Gasteiger partial charge in [0.25, 0.3) is 0 Å². The number of hydrogen-bond donors (Lipinski definition) is 0. The molecule has 0 saturated carbocycles. The number of aromatic nitrogens is 2. The normalized spacial score (nSPS) is 12.5. The predicted octanol–water partition coefficient (Wildman–Crippen LogP) is 4.34. The number of methoxy groups -OCH3 is 1. The van der Waals surface area contributed by atoms with Crippen LogP contribution in [0, 0.1) is 6.92 Å². The number of pyridine rings is 1. The summed E-state index contributed by atoms with van der Waals surface area (Å²) in [6.45, 7) is 4.82. The van der Waals surface area contributed by atoms with Crippen molar-refractivity contribution in [2.24, 2.45) is 0 Å². The summed E-state index contributed by atoms with van der Waals surface area (Å²) in [5.74, 6) is 0. The van der Waals surface area contributed by atoms with Crippen molar-refractivity contribution >= 4 is 27.9 Å². The Morgan fingerprint density at radius 2 is 2.04 bits per heavy atom. The van der Waals surface area contributed by atoms with Gasteiger partial charge in [0.15, 0.2) is 0 Å². The van der Waals surface area contributed by atoms with E-state index in [2.05, 4.69) is 51.6 Å². The molecule has 1 unspecified atom stereocenters. The van der Waals surface area contributed by atoms with Crippen LogP contribution >= 0.6 is 11.3 Å². The van der Waals surface area contributed by atoms with Gasteiger partial charge in [-0.15, -0.1) is 11.3 Å². The molecule has 5 heteroatoms. The number of rotatable bonds is 5. The summed E-state index contributed by atoms with van der Waals surface area (Å²) in [5.41, 5.74) is 4.30. The van der Waals surface area contributed by atoms with Crippen LogP contribution in [0.2, 0.25) is 0 Å². The van der Waals surface area contributed by atoms with Gasteiger partial charge in [-0.3, -0.25) is 4.98 Å². The average Bonchev–Trinajstić information content (AvgIpc) is 3.01. The van der Waals surface area contributed by atoms with E-state index in [0.29, 0.717) is 0 Å². The van der Waals surface area contributed by atoms with Gasteiger partial charge < -0.3 is 9.64 Å². The van der Waals surface area contributed by atoms with Crippen molar-refractivity contribution in [2.75, 3.05) is 19.1 Å². The zero-order valence-electron chi connectivity index (χ0n) is 13.9. The maximum Gasteiger partial charge on any atom is 0.122 e. The Balaban J connectivity index is 1.89. The molecule has 0 aliphatic rings. The fraction of sp³-hybridized carbons (Fsp3) is 0.333. The minimum atomic E-state index is 0.0445. The molecule has 4 nitrogen and oxygen atoms in total. The first kappa shape index (κ1) is 15.9. The summed E-state index contributed by atoms with van der Waals surface area (Å²) < 4.78 is 5.34. The molecule has 3 rings (SSSR count). The topological polar surface area (TPSA) is 38.2 Å². The monoisotopic (exact) mass is 327 g/mol. The van der Waals surface area contributed by atoms with Gasteiger partial charge >= 0.3 is 0 Å². The fourth-order valence-electron chi connectivity index (χ4n) is 2.61. The number of nitrogens with zero attached hydrogens (tertiary/aromatic N) is 3.